The third-order valence-corrected chi connectivity index (χ3v) is 5.12. The third-order valence-electron chi connectivity index (χ3n) is 5.12. The van der Waals surface area contributed by atoms with Crippen molar-refractivity contribution in [1.29, 1.82) is 0 Å². The molecule has 1 aromatic carbocycles. The second-order valence-corrected chi connectivity index (χ2v) is 8.74. The highest BCUT2D eigenvalue weighted by molar-refractivity contribution is 5.94. The van der Waals surface area contributed by atoms with Crippen LogP contribution in [0.25, 0.3) is 10.9 Å². The zero-order valence-corrected chi connectivity index (χ0v) is 18.4. The number of aromatic nitrogens is 1. The lowest BCUT2D eigenvalue weighted by Crippen LogP contribution is -2.43. The van der Waals surface area contributed by atoms with Gasteiger partial charge < -0.3 is 18.9 Å². The molecule has 0 saturated carbocycles. The van der Waals surface area contributed by atoms with Gasteiger partial charge in [0.05, 0.1) is 18.2 Å². The molecule has 0 spiro atoms. The number of fused-ring (bicyclic) bond motifs is 1. The predicted octanol–water partition coefficient (Wildman–Crippen LogP) is 4.06. The first kappa shape index (κ1) is 21.9. The van der Waals surface area contributed by atoms with Crippen molar-refractivity contribution in [2.24, 2.45) is 0 Å². The lowest BCUT2D eigenvalue weighted by Gasteiger charge is -2.35. The first-order valence-corrected chi connectivity index (χ1v) is 10.4. The molecule has 7 nitrogen and oxygen atoms in total. The maximum Gasteiger partial charge on any atom is 0.410 e. The molecule has 1 unspecified atom stereocenters. The van der Waals surface area contributed by atoms with Crippen LogP contribution in [0.4, 0.5) is 4.79 Å². The number of hydrogen-bond donors (Lipinski definition) is 0. The Bertz CT molecular complexity index is 1020. The van der Waals surface area contributed by atoms with Crippen LogP contribution in [0.3, 0.4) is 0 Å². The van der Waals surface area contributed by atoms with Gasteiger partial charge in [0.25, 0.3) is 0 Å². The Morgan fingerprint density at radius 3 is 2.63 bits per heavy atom. The molecule has 7 heteroatoms. The molecule has 1 aliphatic rings. The van der Waals surface area contributed by atoms with Gasteiger partial charge in [-0.2, -0.15) is 0 Å². The van der Waals surface area contributed by atoms with Crippen LogP contribution in [0.1, 0.15) is 62.5 Å². The summed E-state index contributed by atoms with van der Waals surface area (Å²) in [7, 11) is 0. The van der Waals surface area contributed by atoms with Gasteiger partial charge in [0.1, 0.15) is 11.2 Å². The zero-order chi connectivity index (χ0) is 22.1. The van der Waals surface area contributed by atoms with E-state index in [9.17, 15) is 14.4 Å². The monoisotopic (exact) mass is 414 g/mol. The van der Waals surface area contributed by atoms with Gasteiger partial charge in [-0.15, -0.1) is 0 Å². The van der Waals surface area contributed by atoms with Crippen LogP contribution in [-0.2, 0) is 9.47 Å². The van der Waals surface area contributed by atoms with E-state index in [0.29, 0.717) is 18.5 Å². The second kappa shape index (κ2) is 8.50. The van der Waals surface area contributed by atoms with Gasteiger partial charge in [-0.3, -0.25) is 4.79 Å². The fraction of sp³-hybridized carbons (Fsp3) is 0.522. The average Bonchev–Trinajstić information content (AvgIpc) is 2.67. The topological polar surface area (TPSA) is 77.8 Å². The number of rotatable bonds is 3. The number of benzene rings is 1. The Morgan fingerprint density at radius 2 is 1.97 bits per heavy atom. The number of pyridine rings is 1. The number of carbonyl (C=O) groups is 2. The molecule has 30 heavy (non-hydrogen) atoms. The largest absolute Gasteiger partial charge is 0.462 e. The standard InChI is InChI=1S/C23H30N2O5/c1-6-29-21(27)18-14-25(19-10-9-15(2)12-17(19)20(18)26)16-8-7-11-24(13-16)22(28)30-23(3,4)5/h9-10,12,14,16H,6-8,11,13H2,1-5H3. The predicted molar refractivity (Wildman–Crippen MR) is 115 cm³/mol. The Kier molecular flexibility index (Phi) is 6.19. The van der Waals surface area contributed by atoms with E-state index >= 15 is 0 Å². The molecule has 1 amide bonds. The maximum atomic E-state index is 13.0. The molecular weight excluding hydrogens is 384 g/mol. The van der Waals surface area contributed by atoms with Gasteiger partial charge >= 0.3 is 12.1 Å². The highest BCUT2D eigenvalue weighted by Gasteiger charge is 2.29. The van der Waals surface area contributed by atoms with E-state index in [1.165, 1.54) is 0 Å². The van der Waals surface area contributed by atoms with Crippen molar-refractivity contribution in [2.75, 3.05) is 19.7 Å². The van der Waals surface area contributed by atoms with Crippen molar-refractivity contribution in [1.82, 2.24) is 9.47 Å². The maximum absolute atomic E-state index is 13.0. The van der Waals surface area contributed by atoms with E-state index in [0.717, 1.165) is 23.9 Å². The number of aryl methyl sites for hydroxylation is 1. The van der Waals surface area contributed by atoms with Crippen molar-refractivity contribution < 1.29 is 19.1 Å². The highest BCUT2D eigenvalue weighted by atomic mass is 16.6. The van der Waals surface area contributed by atoms with Gasteiger partial charge in [-0.25, -0.2) is 9.59 Å². The Labute approximate surface area is 176 Å². The molecule has 0 radical (unpaired) electrons. The molecule has 1 saturated heterocycles. The Hall–Kier alpha value is -2.83. The van der Waals surface area contributed by atoms with Crippen molar-refractivity contribution in [2.45, 2.75) is 59.1 Å². The summed E-state index contributed by atoms with van der Waals surface area (Å²) in [6.45, 7) is 10.4. The number of ether oxygens (including phenoxy) is 2. The summed E-state index contributed by atoms with van der Waals surface area (Å²) in [5.74, 6) is -0.625. The molecule has 2 aromatic rings. The fourth-order valence-electron chi connectivity index (χ4n) is 3.80. The molecule has 0 aliphatic carbocycles. The van der Waals surface area contributed by atoms with Crippen molar-refractivity contribution in [3.05, 3.63) is 45.7 Å². The molecule has 3 rings (SSSR count). The SMILES string of the molecule is CCOC(=O)c1cn(C2CCCN(C(=O)OC(C)(C)C)C2)c2ccc(C)cc2c1=O. The Balaban J connectivity index is 2.04. The quantitative estimate of drug-likeness (QED) is 0.708. The minimum atomic E-state index is -0.625. The lowest BCUT2D eigenvalue weighted by atomic mass is 10.0. The number of amides is 1. The van der Waals surface area contributed by atoms with E-state index in [1.54, 1.807) is 24.1 Å². The summed E-state index contributed by atoms with van der Waals surface area (Å²) in [5.41, 5.74) is 0.802. The molecule has 1 atom stereocenters. The third kappa shape index (κ3) is 4.66. The van der Waals surface area contributed by atoms with E-state index in [2.05, 4.69) is 0 Å². The lowest BCUT2D eigenvalue weighted by molar-refractivity contribution is 0.0173. The summed E-state index contributed by atoms with van der Waals surface area (Å²) in [6, 6.07) is 5.56. The molecule has 0 bridgehead atoms. The molecular formula is C23H30N2O5. The van der Waals surface area contributed by atoms with Crippen LogP contribution in [0, 0.1) is 6.92 Å². The number of hydrogen-bond acceptors (Lipinski definition) is 5. The van der Waals surface area contributed by atoms with Gasteiger partial charge in [0, 0.05) is 24.7 Å². The number of esters is 1. The van der Waals surface area contributed by atoms with E-state index in [1.807, 2.05) is 44.4 Å². The zero-order valence-electron chi connectivity index (χ0n) is 18.4. The summed E-state index contributed by atoms with van der Waals surface area (Å²) >= 11 is 0. The summed E-state index contributed by atoms with van der Waals surface area (Å²) < 4.78 is 12.6. The molecule has 1 aliphatic heterocycles. The van der Waals surface area contributed by atoms with Gasteiger partial charge in [0.15, 0.2) is 0 Å². The number of carbonyl (C=O) groups excluding carboxylic acids is 2. The van der Waals surface area contributed by atoms with Crippen LogP contribution >= 0.6 is 0 Å². The van der Waals surface area contributed by atoms with Crippen LogP contribution in [0.5, 0.6) is 0 Å². The minimum Gasteiger partial charge on any atom is -0.462 e. The summed E-state index contributed by atoms with van der Waals surface area (Å²) in [6.07, 6.45) is 2.87. The molecule has 0 N–H and O–H groups in total. The smallest absolute Gasteiger partial charge is 0.410 e. The average molecular weight is 415 g/mol. The van der Waals surface area contributed by atoms with E-state index < -0.39 is 11.6 Å². The highest BCUT2D eigenvalue weighted by Crippen LogP contribution is 2.27. The summed E-state index contributed by atoms with van der Waals surface area (Å²) in [5, 5.41) is 0.481. The van der Waals surface area contributed by atoms with Crippen LogP contribution in [-0.4, -0.2) is 46.8 Å². The van der Waals surface area contributed by atoms with Crippen LogP contribution in [0.15, 0.2) is 29.2 Å². The van der Waals surface area contributed by atoms with Crippen molar-refractivity contribution in [3.63, 3.8) is 0 Å². The van der Waals surface area contributed by atoms with Crippen molar-refractivity contribution >= 4 is 23.0 Å². The van der Waals surface area contributed by atoms with E-state index in [-0.39, 0.29) is 29.7 Å². The van der Waals surface area contributed by atoms with Crippen LogP contribution in [0.2, 0.25) is 0 Å². The van der Waals surface area contributed by atoms with Crippen LogP contribution < -0.4 is 5.43 Å². The molecule has 1 aromatic heterocycles. The number of likely N-dealkylation sites (tertiary alicyclic amines) is 1. The fourth-order valence-corrected chi connectivity index (χ4v) is 3.80. The van der Waals surface area contributed by atoms with Gasteiger partial charge in [0.2, 0.25) is 5.43 Å². The van der Waals surface area contributed by atoms with Crippen molar-refractivity contribution in [3.8, 4) is 0 Å². The molecule has 162 valence electrons. The van der Waals surface area contributed by atoms with E-state index in [4.69, 9.17) is 9.47 Å². The van der Waals surface area contributed by atoms with Gasteiger partial charge in [-0.05, 0) is 59.6 Å². The second-order valence-electron chi connectivity index (χ2n) is 8.74. The molecule has 2 heterocycles. The number of nitrogens with zero attached hydrogens (tertiary/aromatic N) is 2. The number of piperidine rings is 1. The first-order chi connectivity index (χ1) is 14.1. The summed E-state index contributed by atoms with van der Waals surface area (Å²) in [4.78, 5) is 39.7. The first-order valence-electron chi connectivity index (χ1n) is 10.4. The normalized spacial score (nSPS) is 17.1. The Morgan fingerprint density at radius 1 is 1.23 bits per heavy atom. The molecule has 1 fully saturated rings. The van der Waals surface area contributed by atoms with Gasteiger partial charge in [-0.1, -0.05) is 11.6 Å². The minimum absolute atomic E-state index is 0.0179.